The monoisotopic (exact) mass is 784 g/mol. The maximum absolute atomic E-state index is 12.7. The summed E-state index contributed by atoms with van der Waals surface area (Å²) >= 11 is 0. The second-order valence-corrected chi connectivity index (χ2v) is 13.8. The topological polar surface area (TPSA) is 124 Å². The zero-order valence-corrected chi connectivity index (χ0v) is 33.1. The summed E-state index contributed by atoms with van der Waals surface area (Å²) in [5, 5.41) is 0. The summed E-state index contributed by atoms with van der Waals surface area (Å²) in [6.45, 7) is 14.0. The number of ether oxygens (including phenoxy) is 6. The molecule has 0 saturated carbocycles. The van der Waals surface area contributed by atoms with E-state index in [1.165, 1.54) is 12.2 Å². The van der Waals surface area contributed by atoms with Crippen LogP contribution in [0.1, 0.15) is 74.6 Å². The van der Waals surface area contributed by atoms with Crippen LogP contribution < -0.4 is 18.9 Å². The summed E-state index contributed by atoms with van der Waals surface area (Å²) in [6, 6.07) is 25.9. The van der Waals surface area contributed by atoms with Gasteiger partial charge in [0, 0.05) is 29.2 Å². The molecule has 0 heterocycles. The van der Waals surface area contributed by atoms with Crippen molar-refractivity contribution in [2.45, 2.75) is 52.4 Å². The van der Waals surface area contributed by atoms with E-state index in [1.54, 1.807) is 38.1 Å². The SMILES string of the molecule is C=C(C)C(=O)OCCCCOc1ccc(C=CC(=O)Oc2ccc3c(c2)C(C)c2cc(OC(=O)C=Cc4ccc(OCCCCOC(=O)C(=C)C)cc4)ccc2-3)cc1. The second-order valence-electron chi connectivity index (χ2n) is 13.8. The molecule has 10 nitrogen and oxygen atoms in total. The fourth-order valence-electron chi connectivity index (χ4n) is 5.93. The van der Waals surface area contributed by atoms with Crippen LogP contribution in [0.4, 0.5) is 0 Å². The van der Waals surface area contributed by atoms with Gasteiger partial charge in [0.25, 0.3) is 0 Å². The van der Waals surface area contributed by atoms with E-state index >= 15 is 0 Å². The van der Waals surface area contributed by atoms with Crippen LogP contribution in [0.3, 0.4) is 0 Å². The lowest BCUT2D eigenvalue weighted by atomic mass is 9.99. The first kappa shape index (κ1) is 42.5. The molecule has 0 aromatic heterocycles. The Bertz CT molecular complexity index is 2020. The molecule has 4 aromatic carbocycles. The minimum absolute atomic E-state index is 0.0204. The lowest BCUT2D eigenvalue weighted by Crippen LogP contribution is -2.07. The van der Waals surface area contributed by atoms with Crippen molar-refractivity contribution in [3.63, 3.8) is 0 Å². The Balaban J connectivity index is 1.05. The first-order valence-corrected chi connectivity index (χ1v) is 19.2. The summed E-state index contributed by atoms with van der Waals surface area (Å²) in [7, 11) is 0. The molecule has 0 fully saturated rings. The van der Waals surface area contributed by atoms with E-state index in [9.17, 15) is 19.2 Å². The highest BCUT2D eigenvalue weighted by molar-refractivity contribution is 5.90. The molecule has 0 bridgehead atoms. The second kappa shape index (κ2) is 21.0. The van der Waals surface area contributed by atoms with E-state index in [4.69, 9.17) is 28.4 Å². The average molecular weight is 785 g/mol. The highest BCUT2D eigenvalue weighted by Crippen LogP contribution is 2.47. The molecule has 10 heteroatoms. The predicted octanol–water partition coefficient (Wildman–Crippen LogP) is 9.61. The highest BCUT2D eigenvalue weighted by Gasteiger charge is 2.27. The number of carbonyl (C=O) groups excluding carboxylic acids is 4. The molecule has 0 spiro atoms. The summed E-state index contributed by atoms with van der Waals surface area (Å²) in [6.07, 6.45) is 8.96. The quantitative estimate of drug-likeness (QED) is 0.0370. The molecule has 0 amide bonds. The minimum atomic E-state index is -0.505. The van der Waals surface area contributed by atoms with Gasteiger partial charge in [-0.3, -0.25) is 0 Å². The molecular weight excluding hydrogens is 737 g/mol. The van der Waals surface area contributed by atoms with Crippen molar-refractivity contribution in [3.05, 3.63) is 144 Å². The van der Waals surface area contributed by atoms with Crippen molar-refractivity contribution in [1.29, 1.82) is 0 Å². The molecule has 0 atom stereocenters. The Morgan fingerprint density at radius 2 is 0.897 bits per heavy atom. The third-order valence-corrected chi connectivity index (χ3v) is 9.07. The molecule has 0 radical (unpaired) electrons. The fourth-order valence-corrected chi connectivity index (χ4v) is 5.93. The maximum Gasteiger partial charge on any atom is 0.336 e. The summed E-state index contributed by atoms with van der Waals surface area (Å²) < 4.78 is 33.0. The molecule has 1 aliphatic rings. The molecule has 1 aliphatic carbocycles. The number of unbranched alkanes of at least 4 members (excludes halogenated alkanes) is 2. The van der Waals surface area contributed by atoms with Crippen molar-refractivity contribution in [2.75, 3.05) is 26.4 Å². The van der Waals surface area contributed by atoms with Gasteiger partial charge in [0.2, 0.25) is 0 Å². The van der Waals surface area contributed by atoms with E-state index in [0.29, 0.717) is 73.4 Å². The van der Waals surface area contributed by atoms with Gasteiger partial charge in [0.05, 0.1) is 26.4 Å². The first-order valence-electron chi connectivity index (χ1n) is 19.2. The third-order valence-electron chi connectivity index (χ3n) is 9.07. The number of fused-ring (bicyclic) bond motifs is 3. The fraction of sp³-hybridized carbons (Fsp3) is 0.250. The van der Waals surface area contributed by atoms with Gasteiger partial charge in [-0.15, -0.1) is 0 Å². The van der Waals surface area contributed by atoms with Crippen LogP contribution in [0.25, 0.3) is 23.3 Å². The van der Waals surface area contributed by atoms with Gasteiger partial charge in [-0.05, 0) is 134 Å². The molecule has 5 rings (SSSR count). The molecule has 0 unspecified atom stereocenters. The normalized spacial score (nSPS) is 12.7. The number of benzene rings is 4. The lowest BCUT2D eigenvalue weighted by Gasteiger charge is -2.09. The lowest BCUT2D eigenvalue weighted by molar-refractivity contribution is -0.139. The van der Waals surface area contributed by atoms with Crippen LogP contribution in [-0.4, -0.2) is 50.3 Å². The predicted molar refractivity (Wildman–Crippen MR) is 223 cm³/mol. The van der Waals surface area contributed by atoms with Crippen molar-refractivity contribution in [3.8, 4) is 34.1 Å². The van der Waals surface area contributed by atoms with Crippen LogP contribution in [0, 0.1) is 0 Å². The Hall–Kier alpha value is -6.68. The molecule has 58 heavy (non-hydrogen) atoms. The van der Waals surface area contributed by atoms with Gasteiger partial charge in [0.1, 0.15) is 23.0 Å². The Morgan fingerprint density at radius 1 is 0.534 bits per heavy atom. The van der Waals surface area contributed by atoms with E-state index in [1.807, 2.05) is 72.8 Å². The Kier molecular flexibility index (Phi) is 15.4. The van der Waals surface area contributed by atoms with E-state index < -0.39 is 11.9 Å². The van der Waals surface area contributed by atoms with Gasteiger partial charge in [-0.1, -0.05) is 56.5 Å². The van der Waals surface area contributed by atoms with Crippen LogP contribution in [-0.2, 0) is 28.7 Å². The molecule has 0 saturated heterocycles. The number of carbonyl (C=O) groups is 4. The summed E-state index contributed by atoms with van der Waals surface area (Å²) in [4.78, 5) is 48.3. The zero-order valence-electron chi connectivity index (χ0n) is 33.1. The Labute approximate surface area is 339 Å². The van der Waals surface area contributed by atoms with Crippen LogP contribution in [0.5, 0.6) is 23.0 Å². The molecule has 4 aromatic rings. The first-order chi connectivity index (χ1) is 28.0. The van der Waals surface area contributed by atoms with Gasteiger partial charge in [0.15, 0.2) is 0 Å². The molecule has 0 N–H and O–H groups in total. The van der Waals surface area contributed by atoms with E-state index in [2.05, 4.69) is 20.1 Å². The average Bonchev–Trinajstić information content (AvgIpc) is 3.49. The number of hydrogen-bond donors (Lipinski definition) is 0. The van der Waals surface area contributed by atoms with Crippen LogP contribution >= 0.6 is 0 Å². The van der Waals surface area contributed by atoms with E-state index in [-0.39, 0.29) is 17.9 Å². The minimum Gasteiger partial charge on any atom is -0.494 e. The molecule has 0 aliphatic heterocycles. The van der Waals surface area contributed by atoms with E-state index in [0.717, 1.165) is 46.2 Å². The maximum atomic E-state index is 12.7. The number of hydrogen-bond acceptors (Lipinski definition) is 10. The standard InChI is InChI=1S/C48H48O10/c1-32(2)47(51)55-28-8-6-26-53-37-16-10-35(11-17-37)14-24-45(49)57-39-20-22-41-42-23-21-40(31-44(42)34(5)43(41)30-39)58-46(50)25-15-36-12-18-38(19-13-36)54-27-7-9-29-56-48(52)33(3)4/h10-25,30-31,34H,1,3,6-9,26-29H2,2,4-5H3. The van der Waals surface area contributed by atoms with Gasteiger partial charge in [-0.2, -0.15) is 0 Å². The van der Waals surface area contributed by atoms with Gasteiger partial charge >= 0.3 is 23.9 Å². The smallest absolute Gasteiger partial charge is 0.336 e. The van der Waals surface area contributed by atoms with Gasteiger partial charge < -0.3 is 28.4 Å². The van der Waals surface area contributed by atoms with Crippen molar-refractivity contribution in [1.82, 2.24) is 0 Å². The van der Waals surface area contributed by atoms with Crippen LogP contribution in [0.15, 0.2) is 121 Å². The number of rotatable bonds is 20. The van der Waals surface area contributed by atoms with Crippen molar-refractivity contribution in [2.24, 2.45) is 0 Å². The van der Waals surface area contributed by atoms with Crippen LogP contribution in [0.2, 0.25) is 0 Å². The zero-order chi connectivity index (χ0) is 41.4. The summed E-state index contributed by atoms with van der Waals surface area (Å²) in [5.41, 5.74) is 6.46. The molecule has 300 valence electrons. The number of esters is 4. The highest BCUT2D eigenvalue weighted by atomic mass is 16.5. The third kappa shape index (κ3) is 12.7. The largest absolute Gasteiger partial charge is 0.494 e. The molecular formula is C48H48O10. The Morgan fingerprint density at radius 3 is 1.28 bits per heavy atom. The van der Waals surface area contributed by atoms with Gasteiger partial charge in [-0.25, -0.2) is 19.2 Å². The van der Waals surface area contributed by atoms with Crippen molar-refractivity contribution >= 4 is 36.0 Å². The van der Waals surface area contributed by atoms with Crippen molar-refractivity contribution < 1.29 is 47.6 Å². The summed E-state index contributed by atoms with van der Waals surface area (Å²) in [5.74, 6) is 0.460.